The number of nitrogens with two attached hydrogens (primary N) is 1. The van der Waals surface area contributed by atoms with Gasteiger partial charge in [-0.3, -0.25) is 4.98 Å². The SMILES string of the molecule is Cc1cc(C(C)C)cc(CN)n1. The zero-order valence-electron chi connectivity index (χ0n) is 7.96. The van der Waals surface area contributed by atoms with Crippen molar-refractivity contribution in [2.24, 2.45) is 5.73 Å². The molecule has 0 radical (unpaired) electrons. The second-order valence-corrected chi connectivity index (χ2v) is 3.39. The van der Waals surface area contributed by atoms with Crippen LogP contribution in [0.4, 0.5) is 0 Å². The highest BCUT2D eigenvalue weighted by atomic mass is 14.7. The van der Waals surface area contributed by atoms with Gasteiger partial charge in [0.2, 0.25) is 0 Å². The van der Waals surface area contributed by atoms with Crippen molar-refractivity contribution in [3.05, 3.63) is 29.1 Å². The highest BCUT2D eigenvalue weighted by molar-refractivity contribution is 5.23. The molecular weight excluding hydrogens is 148 g/mol. The summed E-state index contributed by atoms with van der Waals surface area (Å²) in [6.07, 6.45) is 0. The molecule has 1 rings (SSSR count). The van der Waals surface area contributed by atoms with E-state index >= 15 is 0 Å². The van der Waals surface area contributed by atoms with Crippen molar-refractivity contribution in [3.8, 4) is 0 Å². The van der Waals surface area contributed by atoms with Crippen molar-refractivity contribution in [1.29, 1.82) is 0 Å². The molecule has 66 valence electrons. The molecule has 0 spiro atoms. The minimum absolute atomic E-state index is 0.529. The van der Waals surface area contributed by atoms with Crippen LogP contribution >= 0.6 is 0 Å². The van der Waals surface area contributed by atoms with Crippen LogP contribution in [0.15, 0.2) is 12.1 Å². The fourth-order valence-electron chi connectivity index (χ4n) is 1.20. The van der Waals surface area contributed by atoms with E-state index in [1.54, 1.807) is 0 Å². The molecule has 1 heterocycles. The van der Waals surface area contributed by atoms with Crippen molar-refractivity contribution in [2.45, 2.75) is 33.2 Å². The number of hydrogen-bond acceptors (Lipinski definition) is 2. The van der Waals surface area contributed by atoms with E-state index in [-0.39, 0.29) is 0 Å². The number of aryl methyl sites for hydroxylation is 1. The molecule has 0 saturated heterocycles. The second-order valence-electron chi connectivity index (χ2n) is 3.39. The second kappa shape index (κ2) is 3.68. The zero-order valence-corrected chi connectivity index (χ0v) is 7.96. The Morgan fingerprint density at radius 2 is 2.08 bits per heavy atom. The van der Waals surface area contributed by atoms with E-state index in [0.717, 1.165) is 11.4 Å². The van der Waals surface area contributed by atoms with Crippen molar-refractivity contribution < 1.29 is 0 Å². The lowest BCUT2D eigenvalue weighted by Crippen LogP contribution is -2.02. The number of aromatic nitrogens is 1. The summed E-state index contributed by atoms with van der Waals surface area (Å²) in [5.74, 6) is 0.553. The Kier molecular flexibility index (Phi) is 2.82. The summed E-state index contributed by atoms with van der Waals surface area (Å²) in [7, 11) is 0. The van der Waals surface area contributed by atoms with Crippen LogP contribution in [0.25, 0.3) is 0 Å². The van der Waals surface area contributed by atoms with Gasteiger partial charge in [-0.05, 0) is 30.5 Å². The van der Waals surface area contributed by atoms with E-state index in [0.29, 0.717) is 12.5 Å². The van der Waals surface area contributed by atoms with E-state index in [2.05, 4.69) is 31.0 Å². The van der Waals surface area contributed by atoms with E-state index in [4.69, 9.17) is 5.73 Å². The van der Waals surface area contributed by atoms with Crippen LogP contribution in [0.3, 0.4) is 0 Å². The summed E-state index contributed by atoms with van der Waals surface area (Å²) < 4.78 is 0. The summed E-state index contributed by atoms with van der Waals surface area (Å²) in [6.45, 7) is 6.89. The summed E-state index contributed by atoms with van der Waals surface area (Å²) >= 11 is 0. The maximum Gasteiger partial charge on any atom is 0.0545 e. The normalized spacial score (nSPS) is 10.8. The number of pyridine rings is 1. The van der Waals surface area contributed by atoms with Gasteiger partial charge >= 0.3 is 0 Å². The van der Waals surface area contributed by atoms with Crippen molar-refractivity contribution in [2.75, 3.05) is 0 Å². The minimum atomic E-state index is 0.529. The Hall–Kier alpha value is -0.890. The molecule has 0 aliphatic carbocycles. The molecule has 0 fully saturated rings. The van der Waals surface area contributed by atoms with Crippen molar-refractivity contribution in [1.82, 2.24) is 4.98 Å². The third-order valence-electron chi connectivity index (χ3n) is 1.90. The van der Waals surface area contributed by atoms with Gasteiger partial charge in [-0.25, -0.2) is 0 Å². The van der Waals surface area contributed by atoms with Crippen LogP contribution in [0, 0.1) is 6.92 Å². The maximum absolute atomic E-state index is 5.53. The first-order valence-corrected chi connectivity index (χ1v) is 4.31. The summed E-state index contributed by atoms with van der Waals surface area (Å²) in [5.41, 5.74) is 8.89. The lowest BCUT2D eigenvalue weighted by Gasteiger charge is -2.07. The highest BCUT2D eigenvalue weighted by Crippen LogP contribution is 2.15. The predicted molar refractivity (Wildman–Crippen MR) is 51.0 cm³/mol. The van der Waals surface area contributed by atoms with Crippen LogP contribution in [0.5, 0.6) is 0 Å². The van der Waals surface area contributed by atoms with Gasteiger partial charge in [0, 0.05) is 12.2 Å². The van der Waals surface area contributed by atoms with Gasteiger partial charge in [0.05, 0.1) is 5.69 Å². The topological polar surface area (TPSA) is 38.9 Å². The summed E-state index contributed by atoms with van der Waals surface area (Å²) in [4.78, 5) is 4.31. The third-order valence-corrected chi connectivity index (χ3v) is 1.90. The monoisotopic (exact) mass is 164 g/mol. The minimum Gasteiger partial charge on any atom is -0.325 e. The van der Waals surface area contributed by atoms with Crippen LogP contribution < -0.4 is 5.73 Å². The van der Waals surface area contributed by atoms with Crippen LogP contribution in [-0.4, -0.2) is 4.98 Å². The molecule has 0 bridgehead atoms. The maximum atomic E-state index is 5.53. The Morgan fingerprint density at radius 1 is 1.42 bits per heavy atom. The fourth-order valence-corrected chi connectivity index (χ4v) is 1.20. The first-order chi connectivity index (χ1) is 5.63. The van der Waals surface area contributed by atoms with Crippen molar-refractivity contribution >= 4 is 0 Å². The molecule has 0 saturated carbocycles. The molecule has 0 unspecified atom stereocenters. The largest absolute Gasteiger partial charge is 0.325 e. The van der Waals surface area contributed by atoms with E-state index in [9.17, 15) is 0 Å². The molecule has 2 nitrogen and oxygen atoms in total. The average molecular weight is 164 g/mol. The lowest BCUT2D eigenvalue weighted by atomic mass is 10.0. The Labute approximate surface area is 73.8 Å². The van der Waals surface area contributed by atoms with Gasteiger partial charge in [-0.2, -0.15) is 0 Å². The zero-order chi connectivity index (χ0) is 9.14. The number of nitrogens with zero attached hydrogens (tertiary/aromatic N) is 1. The third kappa shape index (κ3) is 2.05. The first kappa shape index (κ1) is 9.20. The Bertz CT molecular complexity index is 267. The van der Waals surface area contributed by atoms with Gasteiger partial charge in [0.25, 0.3) is 0 Å². The van der Waals surface area contributed by atoms with Crippen LogP contribution in [0.1, 0.15) is 36.7 Å². The van der Waals surface area contributed by atoms with Crippen LogP contribution in [0.2, 0.25) is 0 Å². The fraction of sp³-hybridized carbons (Fsp3) is 0.500. The quantitative estimate of drug-likeness (QED) is 0.725. The molecule has 0 aromatic carbocycles. The van der Waals surface area contributed by atoms with Gasteiger partial charge < -0.3 is 5.73 Å². The molecule has 0 amide bonds. The molecule has 2 heteroatoms. The highest BCUT2D eigenvalue weighted by Gasteiger charge is 2.01. The molecule has 2 N–H and O–H groups in total. The van der Waals surface area contributed by atoms with Gasteiger partial charge in [-0.15, -0.1) is 0 Å². The predicted octanol–water partition coefficient (Wildman–Crippen LogP) is 1.97. The Morgan fingerprint density at radius 3 is 2.58 bits per heavy atom. The molecule has 0 atom stereocenters. The standard InChI is InChI=1S/C10H16N2/c1-7(2)9-4-8(3)12-10(5-9)6-11/h4-5,7H,6,11H2,1-3H3. The van der Waals surface area contributed by atoms with Crippen LogP contribution in [-0.2, 0) is 6.54 Å². The molecule has 0 aliphatic rings. The number of hydrogen-bond donors (Lipinski definition) is 1. The molecule has 0 aliphatic heterocycles. The smallest absolute Gasteiger partial charge is 0.0545 e. The van der Waals surface area contributed by atoms with Crippen molar-refractivity contribution in [3.63, 3.8) is 0 Å². The van der Waals surface area contributed by atoms with Gasteiger partial charge in [-0.1, -0.05) is 13.8 Å². The molecule has 12 heavy (non-hydrogen) atoms. The summed E-state index contributed by atoms with van der Waals surface area (Å²) in [6, 6.07) is 4.20. The molecule has 1 aromatic rings. The van der Waals surface area contributed by atoms with E-state index in [1.165, 1.54) is 5.56 Å². The van der Waals surface area contributed by atoms with E-state index in [1.807, 2.05) is 6.92 Å². The first-order valence-electron chi connectivity index (χ1n) is 4.31. The van der Waals surface area contributed by atoms with Gasteiger partial charge in [0.15, 0.2) is 0 Å². The molecule has 1 aromatic heterocycles. The Balaban J connectivity index is 3.06. The summed E-state index contributed by atoms with van der Waals surface area (Å²) in [5, 5.41) is 0. The number of rotatable bonds is 2. The lowest BCUT2D eigenvalue weighted by molar-refractivity contribution is 0.844. The average Bonchev–Trinajstić information content (AvgIpc) is 2.03. The van der Waals surface area contributed by atoms with E-state index < -0.39 is 0 Å². The molecular formula is C10H16N2. The van der Waals surface area contributed by atoms with Gasteiger partial charge in [0.1, 0.15) is 0 Å².